The molecule has 0 aliphatic carbocycles. The average Bonchev–Trinajstić information content (AvgIpc) is 2.62. The van der Waals surface area contributed by atoms with Gasteiger partial charge in [0.2, 0.25) is 0 Å². The Kier molecular flexibility index (Phi) is 6.14. The predicted octanol–water partition coefficient (Wildman–Crippen LogP) is 2.49. The lowest BCUT2D eigenvalue weighted by molar-refractivity contribution is -0.142. The summed E-state index contributed by atoms with van der Waals surface area (Å²) in [5.74, 6) is -0.436. The number of carbonyl (C=O) groups is 2. The normalized spacial score (nSPS) is 11.6. The molecule has 0 saturated carbocycles. The number of benzene rings is 2. The van der Waals surface area contributed by atoms with Crippen LogP contribution in [0.25, 0.3) is 10.8 Å². The first-order chi connectivity index (χ1) is 11.9. The SMILES string of the molecule is C=C(C)C(=O)OCC(O)COC(=O)c1ccc2cc(OC)ccc2c1. The van der Waals surface area contributed by atoms with Crippen molar-refractivity contribution in [3.63, 3.8) is 0 Å². The molecule has 0 radical (unpaired) electrons. The van der Waals surface area contributed by atoms with Gasteiger partial charge in [-0.2, -0.15) is 0 Å². The predicted molar refractivity (Wildman–Crippen MR) is 92.6 cm³/mol. The lowest BCUT2D eigenvalue weighted by Crippen LogP contribution is -2.25. The van der Waals surface area contributed by atoms with E-state index in [9.17, 15) is 14.7 Å². The summed E-state index contributed by atoms with van der Waals surface area (Å²) in [5, 5.41) is 11.5. The molecular weight excluding hydrogens is 324 g/mol. The van der Waals surface area contributed by atoms with Gasteiger partial charge in [0.05, 0.1) is 12.7 Å². The van der Waals surface area contributed by atoms with Crippen LogP contribution in [-0.2, 0) is 14.3 Å². The van der Waals surface area contributed by atoms with Gasteiger partial charge in [-0.05, 0) is 42.0 Å². The van der Waals surface area contributed by atoms with Crippen LogP contribution in [0.1, 0.15) is 17.3 Å². The summed E-state index contributed by atoms with van der Waals surface area (Å²) in [6.45, 7) is 4.39. The minimum Gasteiger partial charge on any atom is -0.497 e. The van der Waals surface area contributed by atoms with Crippen molar-refractivity contribution >= 4 is 22.7 Å². The van der Waals surface area contributed by atoms with Crippen molar-refractivity contribution in [1.29, 1.82) is 0 Å². The van der Waals surface area contributed by atoms with Crippen LogP contribution in [-0.4, -0.2) is 43.5 Å². The summed E-state index contributed by atoms with van der Waals surface area (Å²) >= 11 is 0. The van der Waals surface area contributed by atoms with Gasteiger partial charge >= 0.3 is 11.9 Å². The first-order valence-corrected chi connectivity index (χ1v) is 7.66. The molecule has 0 amide bonds. The lowest BCUT2D eigenvalue weighted by Gasteiger charge is -2.12. The van der Waals surface area contributed by atoms with Gasteiger partial charge in [-0.25, -0.2) is 9.59 Å². The molecule has 1 atom stereocenters. The fourth-order valence-electron chi connectivity index (χ4n) is 2.08. The highest BCUT2D eigenvalue weighted by Gasteiger charge is 2.14. The fraction of sp³-hybridized carbons (Fsp3) is 0.263. The maximum Gasteiger partial charge on any atom is 0.338 e. The second-order valence-corrected chi connectivity index (χ2v) is 5.56. The van der Waals surface area contributed by atoms with E-state index in [-0.39, 0.29) is 18.8 Å². The quantitative estimate of drug-likeness (QED) is 0.614. The number of aliphatic hydroxyl groups is 1. The summed E-state index contributed by atoms with van der Waals surface area (Å²) < 4.78 is 15.0. The second kappa shape index (κ2) is 8.30. The zero-order valence-corrected chi connectivity index (χ0v) is 14.2. The van der Waals surface area contributed by atoms with Crippen molar-refractivity contribution in [2.45, 2.75) is 13.0 Å². The maximum absolute atomic E-state index is 12.1. The first kappa shape index (κ1) is 18.5. The molecule has 1 unspecified atom stereocenters. The molecular formula is C19H20O6. The monoisotopic (exact) mass is 344 g/mol. The van der Waals surface area contributed by atoms with Crippen molar-refractivity contribution in [3.8, 4) is 5.75 Å². The van der Waals surface area contributed by atoms with Crippen molar-refractivity contribution in [2.75, 3.05) is 20.3 Å². The van der Waals surface area contributed by atoms with Gasteiger partial charge < -0.3 is 19.3 Å². The molecule has 0 aliphatic heterocycles. The van der Waals surface area contributed by atoms with E-state index in [4.69, 9.17) is 14.2 Å². The highest BCUT2D eigenvalue weighted by molar-refractivity contribution is 5.95. The van der Waals surface area contributed by atoms with E-state index in [0.29, 0.717) is 5.56 Å². The molecule has 6 nitrogen and oxygen atoms in total. The van der Waals surface area contributed by atoms with Gasteiger partial charge in [-0.1, -0.05) is 18.7 Å². The van der Waals surface area contributed by atoms with Crippen molar-refractivity contribution < 1.29 is 28.9 Å². The van der Waals surface area contributed by atoms with Gasteiger partial charge in [0.25, 0.3) is 0 Å². The third kappa shape index (κ3) is 5.06. The first-order valence-electron chi connectivity index (χ1n) is 7.66. The van der Waals surface area contributed by atoms with Crippen LogP contribution in [0.4, 0.5) is 0 Å². The standard InChI is InChI=1S/C19H20O6/c1-12(2)18(21)24-10-16(20)11-25-19(22)15-5-4-14-9-17(23-3)7-6-13(14)8-15/h4-9,16,20H,1,10-11H2,2-3H3. The molecule has 2 aromatic carbocycles. The average molecular weight is 344 g/mol. The van der Waals surface area contributed by atoms with Crippen LogP contribution in [0.15, 0.2) is 48.6 Å². The minimum atomic E-state index is -1.10. The third-order valence-corrected chi connectivity index (χ3v) is 3.45. The summed E-state index contributed by atoms with van der Waals surface area (Å²) in [5.41, 5.74) is 0.598. The number of esters is 2. The number of fused-ring (bicyclic) bond motifs is 1. The number of hydrogen-bond acceptors (Lipinski definition) is 6. The minimum absolute atomic E-state index is 0.233. The van der Waals surface area contributed by atoms with Crippen LogP contribution in [0.2, 0.25) is 0 Å². The molecule has 0 saturated heterocycles. The smallest absolute Gasteiger partial charge is 0.338 e. The van der Waals surface area contributed by atoms with Crippen LogP contribution >= 0.6 is 0 Å². The van der Waals surface area contributed by atoms with Crippen molar-refractivity contribution in [1.82, 2.24) is 0 Å². The molecule has 1 N–H and O–H groups in total. The lowest BCUT2D eigenvalue weighted by atomic mass is 10.1. The zero-order chi connectivity index (χ0) is 18.4. The van der Waals surface area contributed by atoms with Gasteiger partial charge in [0, 0.05) is 5.57 Å². The molecule has 25 heavy (non-hydrogen) atoms. The van der Waals surface area contributed by atoms with E-state index >= 15 is 0 Å². The zero-order valence-electron chi connectivity index (χ0n) is 14.2. The molecule has 0 spiro atoms. The van der Waals surface area contributed by atoms with Crippen molar-refractivity contribution in [3.05, 3.63) is 54.1 Å². The second-order valence-electron chi connectivity index (χ2n) is 5.56. The Balaban J connectivity index is 1.93. The highest BCUT2D eigenvalue weighted by Crippen LogP contribution is 2.22. The Labute approximate surface area is 145 Å². The molecule has 6 heteroatoms. The number of carbonyl (C=O) groups excluding carboxylic acids is 2. The van der Waals surface area contributed by atoms with Crippen LogP contribution in [0.3, 0.4) is 0 Å². The van der Waals surface area contributed by atoms with E-state index in [1.54, 1.807) is 31.4 Å². The number of rotatable bonds is 7. The topological polar surface area (TPSA) is 82.1 Å². The molecule has 0 bridgehead atoms. The third-order valence-electron chi connectivity index (χ3n) is 3.45. The summed E-state index contributed by atoms with van der Waals surface area (Å²) in [4.78, 5) is 23.3. The Morgan fingerprint density at radius 1 is 1.08 bits per heavy atom. The number of methoxy groups -OCH3 is 1. The summed E-state index contributed by atoms with van der Waals surface area (Å²) in [6.07, 6.45) is -1.10. The van der Waals surface area contributed by atoms with E-state index < -0.39 is 18.0 Å². The molecule has 0 aromatic heterocycles. The number of aliphatic hydroxyl groups excluding tert-OH is 1. The molecule has 2 aromatic rings. The molecule has 0 aliphatic rings. The van der Waals surface area contributed by atoms with Crippen LogP contribution in [0.5, 0.6) is 5.75 Å². The van der Waals surface area contributed by atoms with E-state index in [2.05, 4.69) is 6.58 Å². The van der Waals surface area contributed by atoms with Gasteiger partial charge in [-0.3, -0.25) is 0 Å². The van der Waals surface area contributed by atoms with Crippen LogP contribution < -0.4 is 4.74 Å². The Morgan fingerprint density at radius 3 is 2.40 bits per heavy atom. The maximum atomic E-state index is 12.1. The van der Waals surface area contributed by atoms with Gasteiger partial charge in [-0.15, -0.1) is 0 Å². The molecule has 0 fully saturated rings. The van der Waals surface area contributed by atoms with E-state index in [0.717, 1.165) is 16.5 Å². The van der Waals surface area contributed by atoms with E-state index in [1.807, 2.05) is 12.1 Å². The summed E-state index contributed by atoms with van der Waals surface area (Å²) in [7, 11) is 1.59. The Bertz CT molecular complexity index is 796. The van der Waals surface area contributed by atoms with E-state index in [1.165, 1.54) is 6.92 Å². The van der Waals surface area contributed by atoms with Crippen LogP contribution in [0, 0.1) is 0 Å². The van der Waals surface area contributed by atoms with Gasteiger partial charge in [0.15, 0.2) is 0 Å². The Morgan fingerprint density at radius 2 is 1.72 bits per heavy atom. The fourth-order valence-corrected chi connectivity index (χ4v) is 2.08. The Hall–Kier alpha value is -2.86. The number of hydrogen-bond donors (Lipinski definition) is 1. The van der Waals surface area contributed by atoms with Gasteiger partial charge in [0.1, 0.15) is 25.1 Å². The van der Waals surface area contributed by atoms with Crippen molar-refractivity contribution in [2.24, 2.45) is 0 Å². The number of ether oxygens (including phenoxy) is 3. The molecule has 132 valence electrons. The largest absolute Gasteiger partial charge is 0.497 e. The molecule has 0 heterocycles. The molecule has 2 rings (SSSR count). The summed E-state index contributed by atoms with van der Waals surface area (Å²) in [6, 6.07) is 10.6. The highest BCUT2D eigenvalue weighted by atomic mass is 16.6.